The van der Waals surface area contributed by atoms with E-state index in [4.69, 9.17) is 0 Å². The van der Waals surface area contributed by atoms with Crippen LogP contribution in [0.5, 0.6) is 0 Å². The average molecular weight is 344 g/mol. The molecule has 0 unspecified atom stereocenters. The van der Waals surface area contributed by atoms with Crippen LogP contribution >= 0.6 is 0 Å². The first-order chi connectivity index (χ1) is 7.96. The predicted molar refractivity (Wildman–Crippen MR) is 38.7 cm³/mol. The molecule has 0 aliphatic carbocycles. The number of alkyl halides is 8. The van der Waals surface area contributed by atoms with Gasteiger partial charge in [0.15, 0.2) is 0 Å². The fourth-order valence-electron chi connectivity index (χ4n) is 0.883. The summed E-state index contributed by atoms with van der Waals surface area (Å²) in [5.74, 6) is -14.5. The third kappa shape index (κ3) is 1.60. The van der Waals surface area contributed by atoms with Crippen molar-refractivity contribution in [1.29, 1.82) is 0 Å². The lowest BCUT2D eigenvalue weighted by atomic mass is 10.2. The Kier molecular flexibility index (Phi) is 3.00. The molecule has 1 heterocycles. The molecule has 15 heteroatoms. The van der Waals surface area contributed by atoms with Gasteiger partial charge in [-0.25, -0.2) is 0 Å². The molecule has 1 rings (SSSR count). The van der Waals surface area contributed by atoms with Gasteiger partial charge in [-0.1, -0.05) is 0 Å². The van der Waals surface area contributed by atoms with E-state index in [9.17, 15) is 52.0 Å². The summed E-state index contributed by atoms with van der Waals surface area (Å²) in [5, 5.41) is -13.8. The Hall–Kier alpha value is -0.700. The lowest BCUT2D eigenvalue weighted by molar-refractivity contribution is -0.324. The van der Waals surface area contributed by atoms with Crippen LogP contribution in [0, 0.1) is 0 Å². The van der Waals surface area contributed by atoms with E-state index in [2.05, 4.69) is 3.63 Å². The van der Waals surface area contributed by atoms with Crippen molar-refractivity contribution in [1.82, 2.24) is 0 Å². The Morgan fingerprint density at radius 3 is 1.00 bits per heavy atom. The van der Waals surface area contributed by atoms with Crippen molar-refractivity contribution >= 4 is 20.2 Å². The van der Waals surface area contributed by atoms with Crippen molar-refractivity contribution in [2.75, 3.05) is 0 Å². The normalized spacial score (nSPS) is 33.3. The number of hydrogen-bond donors (Lipinski definition) is 0. The fraction of sp³-hybridized carbons (Fsp3) is 1.00. The van der Waals surface area contributed by atoms with Crippen LogP contribution in [0.1, 0.15) is 0 Å². The van der Waals surface area contributed by atoms with E-state index in [1.54, 1.807) is 0 Å². The summed E-state index contributed by atoms with van der Waals surface area (Å²) in [6.45, 7) is 0. The molecule has 0 N–H and O–H groups in total. The number of rotatable bonds is 0. The third-order valence-electron chi connectivity index (χ3n) is 1.93. The fourth-order valence-corrected chi connectivity index (χ4v) is 3.39. The molecule has 114 valence electrons. The maximum absolute atomic E-state index is 12.7. The van der Waals surface area contributed by atoms with E-state index in [0.717, 1.165) is 0 Å². The second kappa shape index (κ2) is 3.49. The van der Waals surface area contributed by atoms with Gasteiger partial charge in [0.05, 0.1) is 0 Å². The molecule has 5 nitrogen and oxygen atoms in total. The highest BCUT2D eigenvalue weighted by molar-refractivity contribution is 8.01. The molecule has 0 saturated carbocycles. The lowest BCUT2D eigenvalue weighted by Crippen LogP contribution is -2.62. The summed E-state index contributed by atoms with van der Waals surface area (Å²) >= 11 is 0. The Bertz CT molecular complexity index is 549. The smallest absolute Gasteiger partial charge is 0.192 e. The quantitative estimate of drug-likeness (QED) is 0.616. The molecule has 0 bridgehead atoms. The summed E-state index contributed by atoms with van der Waals surface area (Å²) in [7, 11) is -14.6. The van der Waals surface area contributed by atoms with Crippen molar-refractivity contribution < 1.29 is 55.6 Å². The van der Waals surface area contributed by atoms with Crippen molar-refractivity contribution in [3.05, 3.63) is 0 Å². The van der Waals surface area contributed by atoms with Crippen LogP contribution in [0.4, 0.5) is 35.1 Å². The first-order valence-electron chi connectivity index (χ1n) is 3.67. The van der Waals surface area contributed by atoms with Crippen molar-refractivity contribution in [2.45, 2.75) is 22.4 Å². The van der Waals surface area contributed by atoms with E-state index in [1.165, 1.54) is 0 Å². The first-order valence-corrected chi connectivity index (χ1v) is 6.49. The largest absolute Gasteiger partial charge is 0.439 e. The van der Waals surface area contributed by atoms with Crippen molar-refractivity contribution in [2.24, 2.45) is 0 Å². The molecule has 0 radical (unpaired) electrons. The van der Waals surface area contributed by atoms with E-state index in [1.807, 2.05) is 0 Å². The van der Waals surface area contributed by atoms with Gasteiger partial charge in [-0.15, -0.1) is 3.63 Å². The third-order valence-corrected chi connectivity index (χ3v) is 5.13. The molecular formula is C4F8O5S2. The lowest BCUT2D eigenvalue weighted by Gasteiger charge is -2.30. The molecular weight excluding hydrogens is 344 g/mol. The number of halogens is 8. The van der Waals surface area contributed by atoms with Crippen molar-refractivity contribution in [3.8, 4) is 0 Å². The standard InChI is InChI=1S/C4F8O5S2/c5-1(6)2(7,8)4(11,12)19(15,16)17-18(13,14)3(1,9)10. The Morgan fingerprint density at radius 2 is 0.789 bits per heavy atom. The second-order valence-corrected chi connectivity index (χ2v) is 6.54. The van der Waals surface area contributed by atoms with Gasteiger partial charge in [0.25, 0.3) is 0 Å². The van der Waals surface area contributed by atoms with Crippen LogP contribution in [0.15, 0.2) is 0 Å². The highest BCUT2D eigenvalue weighted by Gasteiger charge is 2.91. The van der Waals surface area contributed by atoms with E-state index < -0.39 is 42.6 Å². The zero-order valence-electron chi connectivity index (χ0n) is 7.88. The van der Waals surface area contributed by atoms with E-state index in [0.29, 0.717) is 0 Å². The molecule has 0 aromatic heterocycles. The van der Waals surface area contributed by atoms with Crippen molar-refractivity contribution in [3.63, 3.8) is 0 Å². The van der Waals surface area contributed by atoms with Gasteiger partial charge in [-0.05, 0) is 0 Å². The van der Waals surface area contributed by atoms with Crippen LogP contribution in [0.25, 0.3) is 0 Å². The number of hydrogen-bond acceptors (Lipinski definition) is 5. The minimum Gasteiger partial charge on any atom is -0.192 e. The molecule has 0 spiro atoms. The van der Waals surface area contributed by atoms with Gasteiger partial charge >= 0.3 is 42.6 Å². The summed E-state index contributed by atoms with van der Waals surface area (Å²) in [6, 6.07) is 0. The molecule has 19 heavy (non-hydrogen) atoms. The van der Waals surface area contributed by atoms with Crippen LogP contribution < -0.4 is 0 Å². The highest BCUT2D eigenvalue weighted by atomic mass is 32.3. The Morgan fingerprint density at radius 1 is 0.579 bits per heavy atom. The molecule has 0 aromatic rings. The van der Waals surface area contributed by atoms with Crippen LogP contribution in [-0.4, -0.2) is 39.2 Å². The molecule has 1 saturated heterocycles. The average Bonchev–Trinajstić information content (AvgIpc) is 2.14. The molecule has 0 atom stereocenters. The molecule has 1 aliphatic rings. The minimum absolute atomic E-state index is 2.17. The monoisotopic (exact) mass is 344 g/mol. The maximum Gasteiger partial charge on any atom is 0.439 e. The van der Waals surface area contributed by atoms with Gasteiger partial charge < -0.3 is 0 Å². The maximum atomic E-state index is 12.7. The highest BCUT2D eigenvalue weighted by Crippen LogP contribution is 2.59. The summed E-state index contributed by atoms with van der Waals surface area (Å²) in [6.07, 6.45) is 0. The predicted octanol–water partition coefficient (Wildman–Crippen LogP) is 1.13. The Balaban J connectivity index is 3.92. The van der Waals surface area contributed by atoms with Crippen LogP contribution in [0.2, 0.25) is 0 Å². The van der Waals surface area contributed by atoms with Gasteiger partial charge in [0.1, 0.15) is 0 Å². The minimum atomic E-state index is -7.29. The molecule has 1 fully saturated rings. The van der Waals surface area contributed by atoms with Crippen LogP contribution in [-0.2, 0) is 23.9 Å². The zero-order chi connectivity index (χ0) is 15.7. The van der Waals surface area contributed by atoms with E-state index >= 15 is 0 Å². The van der Waals surface area contributed by atoms with Gasteiger partial charge in [0.2, 0.25) is 0 Å². The molecule has 1 aliphatic heterocycles. The van der Waals surface area contributed by atoms with E-state index in [-0.39, 0.29) is 0 Å². The van der Waals surface area contributed by atoms with Crippen LogP contribution in [0.3, 0.4) is 0 Å². The first kappa shape index (κ1) is 16.4. The zero-order valence-corrected chi connectivity index (χ0v) is 9.51. The summed E-state index contributed by atoms with van der Waals surface area (Å²) < 4.78 is 145. The molecule has 0 aromatic carbocycles. The summed E-state index contributed by atoms with van der Waals surface area (Å²) in [4.78, 5) is 0. The second-order valence-electron chi connectivity index (χ2n) is 3.16. The molecule has 0 amide bonds. The van der Waals surface area contributed by atoms with Gasteiger partial charge in [0, 0.05) is 0 Å². The summed E-state index contributed by atoms with van der Waals surface area (Å²) in [5.41, 5.74) is 0. The van der Waals surface area contributed by atoms with Gasteiger partial charge in [-0.2, -0.15) is 52.0 Å². The Labute approximate surface area is 98.9 Å². The SMILES string of the molecule is O=S1(=O)OS(=O)(=O)C(F)(F)C(F)(F)C(F)(F)C1(F)F. The topological polar surface area (TPSA) is 77.5 Å². The van der Waals surface area contributed by atoms with Gasteiger partial charge in [-0.3, -0.25) is 0 Å².